The number of halogens is 2. The van der Waals surface area contributed by atoms with Crippen LogP contribution < -0.4 is 9.47 Å². The van der Waals surface area contributed by atoms with E-state index in [1.54, 1.807) is 69.3 Å². The Morgan fingerprint density at radius 1 is 1.09 bits per heavy atom. The van der Waals surface area contributed by atoms with E-state index in [1.165, 1.54) is 13.2 Å². The van der Waals surface area contributed by atoms with Crippen molar-refractivity contribution in [2.24, 2.45) is 5.92 Å². The van der Waals surface area contributed by atoms with Crippen LogP contribution in [0.4, 0.5) is 8.78 Å². The maximum atomic E-state index is 13.0. The van der Waals surface area contributed by atoms with Gasteiger partial charge >= 0.3 is 18.6 Å². The van der Waals surface area contributed by atoms with Gasteiger partial charge in [0, 0.05) is 13.2 Å². The Hall–Kier alpha value is -3.84. The molecule has 1 unspecified atom stereocenters. The minimum absolute atomic E-state index is 0.0363. The molecule has 0 bridgehead atoms. The lowest BCUT2D eigenvalue weighted by Crippen LogP contribution is -2.37. The highest BCUT2D eigenvalue weighted by molar-refractivity contribution is 5.95. The molecule has 5 atom stereocenters. The standard InChI is InChI=1S/C32H38F2O10/c1-19(20(2)35)14-15-24(42-30(38)21-10-7-6-8-11-21)28-25(43-32(3,4)44-28)13-9-12-22-16-23(41-31(33)34)17-26(40-18-39-5)27(22)29(36)37/h6-12,14-17,19-20,24-25,28,31,35H,13,18H2,1-5H3,(H,36,37)/t19-,20+,24?,25+,28-/m1/s1. The maximum Gasteiger partial charge on any atom is 0.387 e. The van der Waals surface area contributed by atoms with Gasteiger partial charge in [-0.2, -0.15) is 8.78 Å². The number of alkyl halides is 2. The van der Waals surface area contributed by atoms with E-state index >= 15 is 0 Å². The molecule has 2 aromatic rings. The molecule has 0 amide bonds. The lowest BCUT2D eigenvalue weighted by molar-refractivity contribution is -0.152. The number of ether oxygens (including phenoxy) is 6. The van der Waals surface area contributed by atoms with Gasteiger partial charge in [0.2, 0.25) is 0 Å². The number of carbonyl (C=O) groups excluding carboxylic acids is 1. The average molecular weight is 621 g/mol. The number of esters is 1. The highest BCUT2D eigenvalue weighted by Gasteiger charge is 2.45. The Kier molecular flexibility index (Phi) is 12.4. The fraction of sp³-hybridized carbons (Fsp3) is 0.438. The zero-order valence-corrected chi connectivity index (χ0v) is 25.1. The predicted molar refractivity (Wildman–Crippen MR) is 156 cm³/mol. The second kappa shape index (κ2) is 15.8. The lowest BCUT2D eigenvalue weighted by atomic mass is 9.99. The van der Waals surface area contributed by atoms with E-state index in [0.717, 1.165) is 12.1 Å². The van der Waals surface area contributed by atoms with E-state index in [9.17, 15) is 28.6 Å². The third kappa shape index (κ3) is 9.84. The molecule has 0 aromatic heterocycles. The van der Waals surface area contributed by atoms with Gasteiger partial charge in [-0.05, 0) is 62.9 Å². The van der Waals surface area contributed by atoms with Crippen molar-refractivity contribution in [3.05, 3.63) is 77.4 Å². The van der Waals surface area contributed by atoms with Gasteiger partial charge in [0.15, 0.2) is 12.6 Å². The summed E-state index contributed by atoms with van der Waals surface area (Å²) < 4.78 is 58.8. The van der Waals surface area contributed by atoms with Gasteiger partial charge in [0.1, 0.15) is 29.3 Å². The van der Waals surface area contributed by atoms with E-state index < -0.39 is 48.8 Å². The summed E-state index contributed by atoms with van der Waals surface area (Å²) >= 11 is 0. The fourth-order valence-corrected chi connectivity index (χ4v) is 4.46. The van der Waals surface area contributed by atoms with Crippen LogP contribution in [0.25, 0.3) is 6.08 Å². The van der Waals surface area contributed by atoms with Crippen LogP contribution in [0.5, 0.6) is 11.5 Å². The molecule has 12 heteroatoms. The minimum atomic E-state index is -3.15. The summed E-state index contributed by atoms with van der Waals surface area (Å²) in [6.07, 6.45) is 3.49. The van der Waals surface area contributed by atoms with Crippen molar-refractivity contribution in [1.82, 2.24) is 0 Å². The van der Waals surface area contributed by atoms with Crippen molar-refractivity contribution in [1.29, 1.82) is 0 Å². The zero-order chi connectivity index (χ0) is 32.4. The van der Waals surface area contributed by atoms with Gasteiger partial charge in [-0.1, -0.05) is 43.4 Å². The summed E-state index contributed by atoms with van der Waals surface area (Å²) in [6, 6.07) is 10.6. The normalized spacial score (nSPS) is 20.1. The summed E-state index contributed by atoms with van der Waals surface area (Å²) in [6.45, 7) is 3.39. The zero-order valence-electron chi connectivity index (χ0n) is 25.1. The molecule has 1 saturated heterocycles. The molecule has 0 aliphatic carbocycles. The molecule has 2 aromatic carbocycles. The number of aliphatic hydroxyl groups excluding tert-OH is 1. The second-order valence-corrected chi connectivity index (χ2v) is 10.6. The van der Waals surface area contributed by atoms with Gasteiger partial charge in [0.25, 0.3) is 0 Å². The lowest BCUT2D eigenvalue weighted by Gasteiger charge is -2.25. The van der Waals surface area contributed by atoms with Crippen LogP contribution in [0.2, 0.25) is 0 Å². The number of methoxy groups -OCH3 is 1. The van der Waals surface area contributed by atoms with Crippen molar-refractivity contribution in [3.8, 4) is 11.5 Å². The van der Waals surface area contributed by atoms with Crippen molar-refractivity contribution in [2.75, 3.05) is 13.9 Å². The van der Waals surface area contributed by atoms with E-state index in [4.69, 9.17) is 23.7 Å². The van der Waals surface area contributed by atoms with E-state index in [0.29, 0.717) is 5.56 Å². The molecule has 1 aliphatic rings. The van der Waals surface area contributed by atoms with E-state index in [-0.39, 0.29) is 41.8 Å². The third-order valence-corrected chi connectivity index (χ3v) is 6.71. The first-order valence-electron chi connectivity index (χ1n) is 13.9. The molecule has 1 heterocycles. The fourth-order valence-electron chi connectivity index (χ4n) is 4.46. The van der Waals surface area contributed by atoms with Crippen LogP contribution in [0.15, 0.2) is 60.7 Å². The third-order valence-electron chi connectivity index (χ3n) is 6.71. The van der Waals surface area contributed by atoms with Gasteiger partial charge < -0.3 is 38.6 Å². The highest BCUT2D eigenvalue weighted by atomic mass is 19.3. The van der Waals surface area contributed by atoms with Crippen LogP contribution in [-0.2, 0) is 18.9 Å². The first-order chi connectivity index (χ1) is 20.8. The summed E-state index contributed by atoms with van der Waals surface area (Å²) in [7, 11) is 1.33. The van der Waals surface area contributed by atoms with Crippen LogP contribution in [-0.4, -0.2) is 72.9 Å². The van der Waals surface area contributed by atoms with Crippen LogP contribution in [0, 0.1) is 5.92 Å². The van der Waals surface area contributed by atoms with Gasteiger partial charge in [-0.3, -0.25) is 0 Å². The van der Waals surface area contributed by atoms with Crippen LogP contribution in [0.1, 0.15) is 60.4 Å². The Labute approximate surface area is 254 Å². The molecule has 1 fully saturated rings. The van der Waals surface area contributed by atoms with E-state index in [1.807, 2.05) is 6.92 Å². The Balaban J connectivity index is 1.94. The summed E-state index contributed by atoms with van der Waals surface area (Å²) in [5, 5.41) is 19.9. The number of rotatable bonds is 15. The number of hydrogen-bond donors (Lipinski definition) is 2. The molecular weight excluding hydrogens is 582 g/mol. The number of aromatic carboxylic acids is 1. The van der Waals surface area contributed by atoms with Gasteiger partial charge in [-0.15, -0.1) is 0 Å². The highest BCUT2D eigenvalue weighted by Crippen LogP contribution is 2.35. The molecular formula is C32H38F2O10. The monoisotopic (exact) mass is 620 g/mol. The SMILES string of the molecule is COCOc1cc(OC(F)F)cc(C=CC[C@@H]2OC(C)(C)O[C@@H]2C(C=C[C@@H](C)[C@H](C)O)OC(=O)c2ccccc2)c1C(=O)O. The quantitative estimate of drug-likeness (QED) is 0.146. The number of aliphatic hydroxyl groups is 1. The second-order valence-electron chi connectivity index (χ2n) is 10.6. The molecule has 0 radical (unpaired) electrons. The summed E-state index contributed by atoms with van der Waals surface area (Å²) in [5.74, 6) is -3.79. The van der Waals surface area contributed by atoms with Crippen molar-refractivity contribution >= 4 is 18.0 Å². The van der Waals surface area contributed by atoms with Gasteiger partial charge in [-0.25, -0.2) is 9.59 Å². The molecule has 3 rings (SSSR count). The molecule has 2 N–H and O–H groups in total. The van der Waals surface area contributed by atoms with Crippen molar-refractivity contribution in [3.63, 3.8) is 0 Å². The number of carboxylic acid groups (broad SMARTS) is 1. The predicted octanol–water partition coefficient (Wildman–Crippen LogP) is 5.69. The average Bonchev–Trinajstić information content (AvgIpc) is 3.27. The first kappa shape index (κ1) is 34.6. The molecule has 1 aliphatic heterocycles. The number of benzene rings is 2. The maximum absolute atomic E-state index is 13.0. The molecule has 0 saturated carbocycles. The van der Waals surface area contributed by atoms with Crippen molar-refractivity contribution in [2.45, 2.75) is 70.9 Å². The topological polar surface area (TPSA) is 130 Å². The Morgan fingerprint density at radius 3 is 2.41 bits per heavy atom. The number of carbonyl (C=O) groups is 2. The van der Waals surface area contributed by atoms with Crippen molar-refractivity contribution < 1.29 is 57.0 Å². The Morgan fingerprint density at radius 2 is 1.80 bits per heavy atom. The van der Waals surface area contributed by atoms with Crippen LogP contribution >= 0.6 is 0 Å². The molecule has 44 heavy (non-hydrogen) atoms. The molecule has 0 spiro atoms. The number of hydrogen-bond acceptors (Lipinski definition) is 9. The molecule has 10 nitrogen and oxygen atoms in total. The number of carboxylic acids is 1. The summed E-state index contributed by atoms with van der Waals surface area (Å²) in [4.78, 5) is 25.1. The molecule has 240 valence electrons. The Bertz CT molecular complexity index is 1310. The smallest absolute Gasteiger partial charge is 0.387 e. The first-order valence-corrected chi connectivity index (χ1v) is 13.9. The minimum Gasteiger partial charge on any atom is -0.478 e. The largest absolute Gasteiger partial charge is 0.478 e. The van der Waals surface area contributed by atoms with Gasteiger partial charge in [0.05, 0.1) is 17.8 Å². The van der Waals surface area contributed by atoms with Crippen LogP contribution in [0.3, 0.4) is 0 Å². The summed E-state index contributed by atoms with van der Waals surface area (Å²) in [5.41, 5.74) is 0.0852. The van der Waals surface area contributed by atoms with E-state index in [2.05, 4.69) is 4.74 Å².